The molecule has 3 heteroatoms. The van der Waals surface area contributed by atoms with Crippen molar-refractivity contribution < 1.29 is 4.42 Å². The Morgan fingerprint density at radius 3 is 3.00 bits per heavy atom. The first kappa shape index (κ1) is 9.13. The number of rotatable bonds is 1. The van der Waals surface area contributed by atoms with E-state index in [0.717, 1.165) is 11.2 Å². The zero-order chi connectivity index (χ0) is 9.26. The Bertz CT molecular complexity index is 284. The largest absolute Gasteiger partial charge is 0.455 e. The average Bonchev–Trinajstić information content (AvgIpc) is 2.53. The predicted octanol–water partition coefficient (Wildman–Crippen LogP) is 3.42. The summed E-state index contributed by atoms with van der Waals surface area (Å²) in [6, 6.07) is 2.69. The van der Waals surface area contributed by atoms with Crippen LogP contribution in [-0.2, 0) is 0 Å². The van der Waals surface area contributed by atoms with Gasteiger partial charge in [0, 0.05) is 18.7 Å². The van der Waals surface area contributed by atoms with Crippen molar-refractivity contribution in [3.05, 3.63) is 17.0 Å². The van der Waals surface area contributed by atoms with E-state index < -0.39 is 0 Å². The zero-order valence-electron chi connectivity index (χ0n) is 7.79. The molecule has 0 spiro atoms. The van der Waals surface area contributed by atoms with Gasteiger partial charge in [-0.15, -0.1) is 0 Å². The van der Waals surface area contributed by atoms with Crippen molar-refractivity contribution in [3.8, 4) is 0 Å². The Hall–Kier alpha value is -0.440. The molecule has 2 heterocycles. The number of anilines is 1. The van der Waals surface area contributed by atoms with E-state index in [0.29, 0.717) is 6.04 Å². The molecule has 1 atom stereocenters. The highest BCUT2D eigenvalue weighted by molar-refractivity contribution is 9.10. The van der Waals surface area contributed by atoms with Gasteiger partial charge in [-0.05, 0) is 42.1 Å². The van der Waals surface area contributed by atoms with Crippen LogP contribution in [0.4, 0.5) is 5.69 Å². The lowest BCUT2D eigenvalue weighted by molar-refractivity contribution is 0.480. The van der Waals surface area contributed by atoms with Crippen LogP contribution in [0.15, 0.2) is 21.4 Å². The summed E-state index contributed by atoms with van der Waals surface area (Å²) in [5.74, 6) is 0. The quantitative estimate of drug-likeness (QED) is 0.752. The summed E-state index contributed by atoms with van der Waals surface area (Å²) < 4.78 is 6.06. The van der Waals surface area contributed by atoms with Gasteiger partial charge in [-0.1, -0.05) is 0 Å². The molecule has 1 aromatic heterocycles. The zero-order valence-corrected chi connectivity index (χ0v) is 9.38. The van der Waals surface area contributed by atoms with Crippen LogP contribution in [-0.4, -0.2) is 12.6 Å². The molecule has 1 aromatic rings. The number of halogens is 1. The van der Waals surface area contributed by atoms with Crippen molar-refractivity contribution in [3.63, 3.8) is 0 Å². The molecule has 2 rings (SSSR count). The van der Waals surface area contributed by atoms with Crippen molar-refractivity contribution in [2.75, 3.05) is 11.4 Å². The third kappa shape index (κ3) is 1.90. The first-order chi connectivity index (χ1) is 6.27. The van der Waals surface area contributed by atoms with Gasteiger partial charge in [0.15, 0.2) is 4.67 Å². The topological polar surface area (TPSA) is 16.4 Å². The van der Waals surface area contributed by atoms with Gasteiger partial charge in [0.05, 0.1) is 5.69 Å². The molecule has 0 N–H and O–H groups in total. The van der Waals surface area contributed by atoms with Crippen molar-refractivity contribution in [2.24, 2.45) is 0 Å². The lowest BCUT2D eigenvalue weighted by Gasteiger charge is -2.34. The molecule has 1 aliphatic heterocycles. The molecule has 0 bridgehead atoms. The number of nitrogens with zero attached hydrogens (tertiary/aromatic N) is 1. The number of hydrogen-bond donors (Lipinski definition) is 0. The van der Waals surface area contributed by atoms with Crippen LogP contribution in [0, 0.1) is 0 Å². The van der Waals surface area contributed by atoms with Gasteiger partial charge in [0.1, 0.15) is 6.26 Å². The lowest BCUT2D eigenvalue weighted by atomic mass is 10.0. The fourth-order valence-electron chi connectivity index (χ4n) is 1.93. The second kappa shape index (κ2) is 3.74. The molecular weight excluding hydrogens is 230 g/mol. The van der Waals surface area contributed by atoms with Gasteiger partial charge >= 0.3 is 0 Å². The Balaban J connectivity index is 2.14. The first-order valence-corrected chi connectivity index (χ1v) is 5.57. The van der Waals surface area contributed by atoms with Gasteiger partial charge < -0.3 is 9.32 Å². The van der Waals surface area contributed by atoms with Gasteiger partial charge in [0.25, 0.3) is 0 Å². The monoisotopic (exact) mass is 243 g/mol. The Kier molecular flexibility index (Phi) is 2.63. The van der Waals surface area contributed by atoms with Crippen LogP contribution in [0.25, 0.3) is 0 Å². The fraction of sp³-hybridized carbons (Fsp3) is 0.600. The van der Waals surface area contributed by atoms with Crippen LogP contribution < -0.4 is 4.90 Å². The van der Waals surface area contributed by atoms with E-state index in [1.165, 1.54) is 24.9 Å². The van der Waals surface area contributed by atoms with E-state index in [1.807, 2.05) is 12.3 Å². The summed E-state index contributed by atoms with van der Waals surface area (Å²) in [6.07, 6.45) is 5.78. The summed E-state index contributed by atoms with van der Waals surface area (Å²) >= 11 is 3.33. The smallest absolute Gasteiger partial charge is 0.171 e. The number of hydrogen-bond acceptors (Lipinski definition) is 2. The molecular formula is C10H14BrNO. The summed E-state index contributed by atoms with van der Waals surface area (Å²) in [7, 11) is 0. The molecule has 1 unspecified atom stereocenters. The summed E-state index contributed by atoms with van der Waals surface area (Å²) in [5, 5.41) is 0. The average molecular weight is 244 g/mol. The van der Waals surface area contributed by atoms with Crippen LogP contribution in [0.1, 0.15) is 26.2 Å². The van der Waals surface area contributed by atoms with Crippen molar-refractivity contribution in [1.29, 1.82) is 0 Å². The molecule has 0 radical (unpaired) electrons. The molecule has 2 nitrogen and oxygen atoms in total. The summed E-state index contributed by atoms with van der Waals surface area (Å²) in [5.41, 5.74) is 1.21. The van der Waals surface area contributed by atoms with E-state index in [1.54, 1.807) is 0 Å². The minimum Gasteiger partial charge on any atom is -0.455 e. The van der Waals surface area contributed by atoms with Crippen molar-refractivity contribution in [1.82, 2.24) is 0 Å². The Labute approximate surface area is 87.0 Å². The third-order valence-corrected chi connectivity index (χ3v) is 3.10. The van der Waals surface area contributed by atoms with Gasteiger partial charge in [0.2, 0.25) is 0 Å². The normalized spacial score (nSPS) is 23.5. The van der Waals surface area contributed by atoms with Crippen LogP contribution >= 0.6 is 15.9 Å². The molecule has 0 amide bonds. The summed E-state index contributed by atoms with van der Waals surface area (Å²) in [4.78, 5) is 2.41. The van der Waals surface area contributed by atoms with E-state index >= 15 is 0 Å². The molecule has 0 aliphatic carbocycles. The lowest BCUT2D eigenvalue weighted by Crippen LogP contribution is -2.37. The van der Waals surface area contributed by atoms with E-state index in [2.05, 4.69) is 27.8 Å². The second-order valence-electron chi connectivity index (χ2n) is 3.65. The third-order valence-electron chi connectivity index (χ3n) is 2.69. The van der Waals surface area contributed by atoms with Crippen molar-refractivity contribution >= 4 is 21.6 Å². The van der Waals surface area contributed by atoms with Crippen LogP contribution in [0.3, 0.4) is 0 Å². The molecule has 1 fully saturated rings. The second-order valence-corrected chi connectivity index (χ2v) is 4.43. The maximum absolute atomic E-state index is 5.24. The molecule has 1 aliphatic rings. The van der Waals surface area contributed by atoms with Gasteiger partial charge in [-0.25, -0.2) is 0 Å². The SMILES string of the molecule is CC1CCCCN1c1coc(Br)c1. The van der Waals surface area contributed by atoms with Crippen LogP contribution in [0.2, 0.25) is 0 Å². The molecule has 72 valence electrons. The maximum Gasteiger partial charge on any atom is 0.171 e. The highest BCUT2D eigenvalue weighted by atomic mass is 79.9. The van der Waals surface area contributed by atoms with Crippen molar-refractivity contribution in [2.45, 2.75) is 32.2 Å². The molecule has 13 heavy (non-hydrogen) atoms. The molecule has 0 saturated carbocycles. The predicted molar refractivity (Wildman–Crippen MR) is 57.1 cm³/mol. The number of furan rings is 1. The minimum atomic E-state index is 0.651. The van der Waals surface area contributed by atoms with Gasteiger partial charge in [-0.2, -0.15) is 0 Å². The number of piperidine rings is 1. The minimum absolute atomic E-state index is 0.651. The molecule has 0 aromatic carbocycles. The maximum atomic E-state index is 5.24. The fourth-order valence-corrected chi connectivity index (χ4v) is 2.26. The Morgan fingerprint density at radius 2 is 2.38 bits per heavy atom. The highest BCUT2D eigenvalue weighted by Gasteiger charge is 2.19. The van der Waals surface area contributed by atoms with E-state index in [9.17, 15) is 0 Å². The standard InChI is InChI=1S/C10H14BrNO/c1-8-4-2-3-5-12(8)9-6-10(11)13-7-9/h6-8H,2-5H2,1H3. The first-order valence-electron chi connectivity index (χ1n) is 4.78. The van der Waals surface area contributed by atoms with E-state index in [-0.39, 0.29) is 0 Å². The van der Waals surface area contributed by atoms with Crippen LogP contribution in [0.5, 0.6) is 0 Å². The summed E-state index contributed by atoms with van der Waals surface area (Å²) in [6.45, 7) is 3.44. The highest BCUT2D eigenvalue weighted by Crippen LogP contribution is 2.28. The van der Waals surface area contributed by atoms with E-state index in [4.69, 9.17) is 4.42 Å². The van der Waals surface area contributed by atoms with Gasteiger partial charge in [-0.3, -0.25) is 0 Å². The Morgan fingerprint density at radius 1 is 1.54 bits per heavy atom. The molecule has 1 saturated heterocycles.